The van der Waals surface area contributed by atoms with Crippen LogP contribution in [0.15, 0.2) is 0 Å². The number of rotatable bonds is 6. The molecule has 0 rings (SSSR count). The number of carbonyl (C=O) groups is 1. The molecule has 0 unspecified atom stereocenters. The molecule has 90 valence electrons. The van der Waals surface area contributed by atoms with E-state index in [0.29, 0.717) is 19.6 Å². The molecule has 0 aliphatic carbocycles. The molecule has 15 heavy (non-hydrogen) atoms. The van der Waals surface area contributed by atoms with E-state index in [9.17, 15) is 4.79 Å². The van der Waals surface area contributed by atoms with Crippen molar-refractivity contribution in [3.63, 3.8) is 0 Å². The smallest absolute Gasteiger partial charge is 0.407 e. The van der Waals surface area contributed by atoms with Crippen molar-refractivity contribution >= 4 is 6.09 Å². The Morgan fingerprint density at radius 2 is 1.93 bits per heavy atom. The summed E-state index contributed by atoms with van der Waals surface area (Å²) in [6.07, 6.45) is 0.169. The van der Waals surface area contributed by atoms with Crippen LogP contribution < -0.4 is 5.32 Å². The van der Waals surface area contributed by atoms with Crippen LogP contribution in [-0.4, -0.2) is 43.2 Å². The lowest BCUT2D eigenvalue weighted by Gasteiger charge is -2.19. The third-order valence-electron chi connectivity index (χ3n) is 1.38. The Hall–Kier alpha value is -0.810. The molecular formula is C10H21NO4. The van der Waals surface area contributed by atoms with Gasteiger partial charge in [-0.15, -0.1) is 0 Å². The fourth-order valence-corrected chi connectivity index (χ4v) is 0.804. The van der Waals surface area contributed by atoms with Gasteiger partial charge in [-0.05, 0) is 27.2 Å². The van der Waals surface area contributed by atoms with Crippen molar-refractivity contribution in [2.45, 2.75) is 32.7 Å². The van der Waals surface area contributed by atoms with Crippen molar-refractivity contribution in [3.8, 4) is 0 Å². The molecule has 0 heterocycles. The van der Waals surface area contributed by atoms with Crippen LogP contribution in [-0.2, 0) is 9.47 Å². The summed E-state index contributed by atoms with van der Waals surface area (Å²) < 4.78 is 9.95. The van der Waals surface area contributed by atoms with Gasteiger partial charge in [0, 0.05) is 18.8 Å². The average molecular weight is 219 g/mol. The van der Waals surface area contributed by atoms with Crippen LogP contribution in [0.4, 0.5) is 4.79 Å². The monoisotopic (exact) mass is 219 g/mol. The van der Waals surface area contributed by atoms with Crippen LogP contribution in [0.25, 0.3) is 0 Å². The van der Waals surface area contributed by atoms with Gasteiger partial charge in [0.05, 0.1) is 6.61 Å². The molecule has 0 radical (unpaired) electrons. The molecule has 0 aromatic heterocycles. The van der Waals surface area contributed by atoms with E-state index in [1.165, 1.54) is 0 Å². The Morgan fingerprint density at radius 3 is 2.47 bits per heavy atom. The summed E-state index contributed by atoms with van der Waals surface area (Å²) in [6.45, 7) is 6.83. The molecule has 0 aromatic carbocycles. The quantitative estimate of drug-likeness (QED) is 0.652. The minimum absolute atomic E-state index is 0.116. The lowest BCUT2D eigenvalue weighted by molar-refractivity contribution is 0.0634. The first-order chi connectivity index (χ1) is 6.95. The van der Waals surface area contributed by atoms with Crippen LogP contribution in [0.5, 0.6) is 0 Å². The highest BCUT2D eigenvalue weighted by molar-refractivity contribution is 5.67. The number of aliphatic hydroxyl groups is 1. The van der Waals surface area contributed by atoms with Gasteiger partial charge in [-0.2, -0.15) is 0 Å². The molecule has 0 aliphatic heterocycles. The zero-order valence-corrected chi connectivity index (χ0v) is 9.71. The predicted molar refractivity (Wildman–Crippen MR) is 56.8 cm³/mol. The van der Waals surface area contributed by atoms with Crippen LogP contribution in [0.2, 0.25) is 0 Å². The third kappa shape index (κ3) is 11.1. The maximum atomic E-state index is 11.1. The van der Waals surface area contributed by atoms with Crippen molar-refractivity contribution in [1.29, 1.82) is 0 Å². The highest BCUT2D eigenvalue weighted by atomic mass is 16.6. The summed E-state index contributed by atoms with van der Waals surface area (Å²) in [7, 11) is 0. The fourth-order valence-electron chi connectivity index (χ4n) is 0.804. The molecule has 0 fully saturated rings. The first-order valence-electron chi connectivity index (χ1n) is 5.09. The van der Waals surface area contributed by atoms with Crippen LogP contribution >= 0.6 is 0 Å². The molecule has 0 aliphatic rings. The molecule has 0 aromatic rings. The van der Waals surface area contributed by atoms with E-state index < -0.39 is 6.09 Å². The summed E-state index contributed by atoms with van der Waals surface area (Å²) >= 11 is 0. The first-order valence-corrected chi connectivity index (χ1v) is 5.09. The Labute approximate surface area is 90.8 Å². The number of hydrogen-bond donors (Lipinski definition) is 2. The number of alkyl carbamates (subject to hydrolysis) is 1. The number of carbonyl (C=O) groups excluding carboxylic acids is 1. The van der Waals surface area contributed by atoms with E-state index in [2.05, 4.69) is 5.32 Å². The lowest BCUT2D eigenvalue weighted by atomic mass is 10.1. The molecule has 0 saturated heterocycles. The predicted octanol–water partition coefficient (Wildman–Crippen LogP) is 0.910. The van der Waals surface area contributed by atoms with Crippen LogP contribution in [0.3, 0.4) is 0 Å². The maximum Gasteiger partial charge on any atom is 0.407 e. The van der Waals surface area contributed by atoms with E-state index in [-0.39, 0.29) is 18.8 Å². The Bertz CT molecular complexity index is 177. The van der Waals surface area contributed by atoms with Gasteiger partial charge in [0.2, 0.25) is 0 Å². The molecule has 5 heteroatoms. The van der Waals surface area contributed by atoms with Gasteiger partial charge in [-0.3, -0.25) is 0 Å². The van der Waals surface area contributed by atoms with Gasteiger partial charge in [-0.25, -0.2) is 4.79 Å². The topological polar surface area (TPSA) is 67.8 Å². The third-order valence-corrected chi connectivity index (χ3v) is 1.38. The summed E-state index contributed by atoms with van der Waals surface area (Å²) in [5.74, 6) is 0. The molecule has 0 saturated carbocycles. The van der Waals surface area contributed by atoms with E-state index in [0.717, 1.165) is 0 Å². The second-order valence-corrected chi connectivity index (χ2v) is 4.20. The number of amides is 1. The maximum absolute atomic E-state index is 11.1. The largest absolute Gasteiger partial charge is 0.447 e. The summed E-state index contributed by atoms with van der Waals surface area (Å²) in [6, 6.07) is 0. The van der Waals surface area contributed by atoms with Gasteiger partial charge >= 0.3 is 6.09 Å². The Balaban J connectivity index is 3.32. The molecular weight excluding hydrogens is 198 g/mol. The van der Waals surface area contributed by atoms with E-state index in [4.69, 9.17) is 14.6 Å². The standard InChI is InChI=1S/C10H21NO4/c1-10(2,3)11-9(13)15-8-7-14-6-4-5-12/h12H,4-8H2,1-3H3,(H,11,13). The molecule has 2 N–H and O–H groups in total. The summed E-state index contributed by atoms with van der Waals surface area (Å²) in [4.78, 5) is 11.1. The second-order valence-electron chi connectivity index (χ2n) is 4.20. The lowest BCUT2D eigenvalue weighted by Crippen LogP contribution is -2.41. The van der Waals surface area contributed by atoms with E-state index in [1.807, 2.05) is 20.8 Å². The number of aliphatic hydroxyl groups excluding tert-OH is 1. The van der Waals surface area contributed by atoms with Gasteiger partial charge in [0.25, 0.3) is 0 Å². The number of nitrogens with one attached hydrogen (secondary N) is 1. The van der Waals surface area contributed by atoms with Crippen LogP contribution in [0.1, 0.15) is 27.2 Å². The molecule has 1 amide bonds. The highest BCUT2D eigenvalue weighted by Crippen LogP contribution is 1.98. The molecule has 5 nitrogen and oxygen atoms in total. The minimum atomic E-state index is -0.437. The van der Waals surface area contributed by atoms with Crippen molar-refractivity contribution in [2.24, 2.45) is 0 Å². The molecule has 0 spiro atoms. The summed E-state index contributed by atoms with van der Waals surface area (Å²) in [5.41, 5.74) is -0.283. The SMILES string of the molecule is CC(C)(C)NC(=O)OCCOCCCO. The van der Waals surface area contributed by atoms with E-state index >= 15 is 0 Å². The van der Waals surface area contributed by atoms with E-state index in [1.54, 1.807) is 0 Å². The molecule has 0 bridgehead atoms. The summed E-state index contributed by atoms with van der Waals surface area (Å²) in [5, 5.41) is 11.1. The number of hydrogen-bond acceptors (Lipinski definition) is 4. The van der Waals surface area contributed by atoms with Crippen molar-refractivity contribution in [3.05, 3.63) is 0 Å². The zero-order chi connectivity index (χ0) is 11.7. The van der Waals surface area contributed by atoms with Crippen LogP contribution in [0, 0.1) is 0 Å². The Morgan fingerprint density at radius 1 is 1.27 bits per heavy atom. The Kier molecular flexibility index (Phi) is 7.07. The second kappa shape index (κ2) is 7.48. The normalized spacial score (nSPS) is 11.2. The zero-order valence-electron chi connectivity index (χ0n) is 9.71. The van der Waals surface area contributed by atoms with Crippen molar-refractivity contribution in [1.82, 2.24) is 5.32 Å². The van der Waals surface area contributed by atoms with Gasteiger partial charge in [0.15, 0.2) is 0 Å². The average Bonchev–Trinajstić information content (AvgIpc) is 2.08. The first kappa shape index (κ1) is 14.2. The van der Waals surface area contributed by atoms with Gasteiger partial charge in [-0.1, -0.05) is 0 Å². The van der Waals surface area contributed by atoms with Gasteiger partial charge in [0.1, 0.15) is 6.61 Å². The van der Waals surface area contributed by atoms with Crippen molar-refractivity contribution in [2.75, 3.05) is 26.4 Å². The number of ether oxygens (including phenoxy) is 2. The highest BCUT2D eigenvalue weighted by Gasteiger charge is 2.13. The van der Waals surface area contributed by atoms with Crippen molar-refractivity contribution < 1.29 is 19.4 Å². The fraction of sp³-hybridized carbons (Fsp3) is 0.900. The van der Waals surface area contributed by atoms with Gasteiger partial charge < -0.3 is 19.9 Å². The minimum Gasteiger partial charge on any atom is -0.447 e. The molecule has 0 atom stereocenters.